The van der Waals surface area contributed by atoms with Gasteiger partial charge in [0.05, 0.1) is 25.5 Å². The lowest BCUT2D eigenvalue weighted by Crippen LogP contribution is -2.19. The Morgan fingerprint density at radius 1 is 0.915 bits per heavy atom. The van der Waals surface area contributed by atoms with Crippen molar-refractivity contribution in [1.29, 1.82) is 0 Å². The van der Waals surface area contributed by atoms with Crippen molar-refractivity contribution in [3.63, 3.8) is 0 Å². The van der Waals surface area contributed by atoms with Gasteiger partial charge in [-0.15, -0.1) is 0 Å². The van der Waals surface area contributed by atoms with Crippen molar-refractivity contribution in [1.82, 2.24) is 10.4 Å². The number of halogens is 1. The van der Waals surface area contributed by atoms with Gasteiger partial charge in [-0.3, -0.25) is 9.59 Å². The van der Waals surface area contributed by atoms with E-state index in [0.717, 1.165) is 27.6 Å². The average molecular weight is 654 g/mol. The van der Waals surface area contributed by atoms with Gasteiger partial charge in [-0.05, 0) is 80.4 Å². The summed E-state index contributed by atoms with van der Waals surface area (Å²) in [5.41, 5.74) is 8.00. The predicted molar refractivity (Wildman–Crippen MR) is 180 cm³/mol. The number of hydrogen-bond acceptors (Lipinski definition) is 8. The first kappa shape index (κ1) is 32.8. The van der Waals surface area contributed by atoms with Crippen molar-refractivity contribution in [3.8, 4) is 34.1 Å². The maximum atomic E-state index is 13.5. The Labute approximate surface area is 276 Å². The molecule has 0 aliphatic carbocycles. The first-order valence-electron chi connectivity index (χ1n) is 14.7. The number of aromatic amines is 1. The average Bonchev–Trinajstić information content (AvgIpc) is 3.42. The molecule has 4 aromatic carbocycles. The molecule has 1 aromatic heterocycles. The smallest absolute Gasteiger partial charge is 0.343 e. The van der Waals surface area contributed by atoms with Gasteiger partial charge in [0.15, 0.2) is 23.0 Å². The summed E-state index contributed by atoms with van der Waals surface area (Å²) in [6, 6.07) is 20.6. The summed E-state index contributed by atoms with van der Waals surface area (Å²) in [6.45, 7) is 7.35. The van der Waals surface area contributed by atoms with Crippen LogP contribution in [0.25, 0.3) is 22.0 Å². The molecule has 10 nitrogen and oxygen atoms in total. The number of rotatable bonds is 10. The third-order valence-corrected chi connectivity index (χ3v) is 7.45. The predicted octanol–water partition coefficient (Wildman–Crippen LogP) is 7.42. The highest BCUT2D eigenvalue weighted by atomic mass is 35.5. The van der Waals surface area contributed by atoms with E-state index >= 15 is 0 Å². The number of nitrogens with zero attached hydrogens (tertiary/aromatic N) is 1. The van der Waals surface area contributed by atoms with Crippen LogP contribution in [0.2, 0.25) is 5.02 Å². The lowest BCUT2D eigenvalue weighted by molar-refractivity contribution is -0.132. The van der Waals surface area contributed by atoms with Gasteiger partial charge in [0.25, 0.3) is 5.91 Å². The molecule has 0 unspecified atom stereocenters. The molecule has 1 heterocycles. The highest BCUT2D eigenvalue weighted by molar-refractivity contribution is 6.34. The number of hydrazone groups is 1. The minimum absolute atomic E-state index is 0.173. The third-order valence-electron chi connectivity index (χ3n) is 7.12. The molecular formula is C36H32ClN3O7. The molecule has 0 spiro atoms. The Hall–Kier alpha value is -5.61. The van der Waals surface area contributed by atoms with E-state index in [4.69, 9.17) is 30.5 Å². The minimum Gasteiger partial charge on any atom is -0.493 e. The Balaban J connectivity index is 1.37. The fourth-order valence-electron chi connectivity index (χ4n) is 5.14. The molecule has 240 valence electrons. The van der Waals surface area contributed by atoms with Gasteiger partial charge in [-0.2, -0.15) is 5.10 Å². The van der Waals surface area contributed by atoms with Gasteiger partial charge in [-0.1, -0.05) is 41.4 Å². The summed E-state index contributed by atoms with van der Waals surface area (Å²) in [5, 5.41) is 5.59. The fraction of sp³-hybridized carbons (Fsp3) is 0.167. The van der Waals surface area contributed by atoms with Gasteiger partial charge in [-0.25, -0.2) is 10.2 Å². The van der Waals surface area contributed by atoms with Crippen LogP contribution in [0, 0.1) is 13.8 Å². The lowest BCUT2D eigenvalue weighted by Gasteiger charge is -2.13. The standard InChI is InChI=1S/C36H32ClN3O7/c1-6-45-31-17-23(11-13-29(31)47-36(43)24-12-14-28(46-22(4)41)30(18-24)44-5)19-38-40-35(42)34-32(25-9-7-8-10-27(25)37)26-16-20(2)15-21(3)33(26)39-34/h7-19,39H,6H2,1-5H3,(H,40,42). The molecule has 0 aliphatic heterocycles. The van der Waals surface area contributed by atoms with E-state index in [9.17, 15) is 14.4 Å². The molecule has 5 aromatic rings. The highest BCUT2D eigenvalue weighted by Crippen LogP contribution is 2.38. The number of esters is 2. The Bertz CT molecular complexity index is 2030. The summed E-state index contributed by atoms with van der Waals surface area (Å²) in [5.74, 6) is -0.799. The van der Waals surface area contributed by atoms with E-state index in [0.29, 0.717) is 34.2 Å². The minimum atomic E-state index is -0.676. The van der Waals surface area contributed by atoms with Crippen LogP contribution >= 0.6 is 11.6 Å². The first-order chi connectivity index (χ1) is 22.6. The highest BCUT2D eigenvalue weighted by Gasteiger charge is 2.22. The van der Waals surface area contributed by atoms with Crippen molar-refractivity contribution in [2.24, 2.45) is 5.10 Å². The molecule has 5 rings (SSSR count). The van der Waals surface area contributed by atoms with Gasteiger partial charge in [0, 0.05) is 34.0 Å². The van der Waals surface area contributed by atoms with Crippen LogP contribution in [0.5, 0.6) is 23.0 Å². The van der Waals surface area contributed by atoms with Crippen molar-refractivity contribution in [2.45, 2.75) is 27.7 Å². The number of H-pyrrole nitrogens is 1. The normalized spacial score (nSPS) is 11.0. The molecule has 11 heteroatoms. The number of benzene rings is 4. The summed E-state index contributed by atoms with van der Waals surface area (Å²) in [7, 11) is 1.40. The number of ether oxygens (including phenoxy) is 4. The van der Waals surface area contributed by atoms with E-state index in [-0.39, 0.29) is 22.8 Å². The maximum Gasteiger partial charge on any atom is 0.343 e. The van der Waals surface area contributed by atoms with Crippen LogP contribution < -0.4 is 24.4 Å². The molecule has 0 radical (unpaired) electrons. The molecule has 0 fully saturated rings. The number of aryl methyl sites for hydroxylation is 2. The van der Waals surface area contributed by atoms with Crippen LogP contribution in [-0.2, 0) is 4.79 Å². The number of carbonyl (C=O) groups is 3. The lowest BCUT2D eigenvalue weighted by atomic mass is 9.99. The zero-order valence-corrected chi connectivity index (χ0v) is 27.2. The Kier molecular flexibility index (Phi) is 9.91. The summed E-state index contributed by atoms with van der Waals surface area (Å²) >= 11 is 6.57. The van der Waals surface area contributed by atoms with Crippen molar-refractivity contribution < 1.29 is 33.3 Å². The summed E-state index contributed by atoms with van der Waals surface area (Å²) < 4.78 is 21.7. The maximum absolute atomic E-state index is 13.5. The number of nitrogens with one attached hydrogen (secondary N) is 2. The monoisotopic (exact) mass is 653 g/mol. The van der Waals surface area contributed by atoms with E-state index < -0.39 is 17.8 Å². The summed E-state index contributed by atoms with van der Waals surface area (Å²) in [6.07, 6.45) is 1.46. The first-order valence-corrected chi connectivity index (χ1v) is 15.0. The molecule has 1 amide bonds. The number of fused-ring (bicyclic) bond motifs is 1. The van der Waals surface area contributed by atoms with Crippen LogP contribution in [0.4, 0.5) is 0 Å². The van der Waals surface area contributed by atoms with Crippen LogP contribution in [0.15, 0.2) is 77.9 Å². The largest absolute Gasteiger partial charge is 0.493 e. The number of hydrogen-bond donors (Lipinski definition) is 2. The summed E-state index contributed by atoms with van der Waals surface area (Å²) in [4.78, 5) is 41.1. The zero-order valence-electron chi connectivity index (χ0n) is 26.4. The topological polar surface area (TPSA) is 128 Å². The SMILES string of the molecule is CCOc1cc(C=NNC(=O)c2[nH]c3c(C)cc(C)cc3c2-c2ccccc2Cl)ccc1OC(=O)c1ccc(OC(C)=O)c(OC)c1. The van der Waals surface area contributed by atoms with Gasteiger partial charge < -0.3 is 23.9 Å². The second kappa shape index (κ2) is 14.2. The van der Waals surface area contributed by atoms with E-state index in [1.54, 1.807) is 31.2 Å². The van der Waals surface area contributed by atoms with Crippen molar-refractivity contribution in [3.05, 3.63) is 106 Å². The van der Waals surface area contributed by atoms with Gasteiger partial charge in [0.1, 0.15) is 5.69 Å². The number of aromatic nitrogens is 1. The van der Waals surface area contributed by atoms with E-state index in [1.807, 2.05) is 44.2 Å². The number of methoxy groups -OCH3 is 1. The van der Waals surface area contributed by atoms with Gasteiger partial charge >= 0.3 is 11.9 Å². The molecule has 2 N–H and O–H groups in total. The van der Waals surface area contributed by atoms with Crippen LogP contribution in [0.3, 0.4) is 0 Å². The quantitative estimate of drug-likeness (QED) is 0.0695. The Morgan fingerprint density at radius 3 is 2.38 bits per heavy atom. The second-order valence-electron chi connectivity index (χ2n) is 10.5. The van der Waals surface area contributed by atoms with Gasteiger partial charge in [0.2, 0.25) is 0 Å². The van der Waals surface area contributed by atoms with Crippen molar-refractivity contribution >= 4 is 46.6 Å². The zero-order chi connectivity index (χ0) is 33.7. The molecular weight excluding hydrogens is 622 g/mol. The van der Waals surface area contributed by atoms with Crippen LogP contribution in [0.1, 0.15) is 51.4 Å². The number of amides is 1. The molecule has 47 heavy (non-hydrogen) atoms. The van der Waals surface area contributed by atoms with E-state index in [2.05, 4.69) is 15.5 Å². The van der Waals surface area contributed by atoms with E-state index in [1.165, 1.54) is 38.4 Å². The second-order valence-corrected chi connectivity index (χ2v) is 11.0. The number of carbonyl (C=O) groups excluding carboxylic acids is 3. The Morgan fingerprint density at radius 2 is 1.66 bits per heavy atom. The molecule has 0 atom stereocenters. The molecule has 0 saturated carbocycles. The third kappa shape index (κ3) is 7.29. The van der Waals surface area contributed by atoms with Crippen molar-refractivity contribution in [2.75, 3.05) is 13.7 Å². The molecule has 0 bridgehead atoms. The van der Waals surface area contributed by atoms with Crippen LogP contribution in [-0.4, -0.2) is 42.8 Å². The fourth-order valence-corrected chi connectivity index (χ4v) is 5.37. The molecule has 0 saturated heterocycles. The molecule has 0 aliphatic rings.